The monoisotopic (exact) mass is 266 g/mol. The van der Waals surface area contributed by atoms with Crippen LogP contribution < -0.4 is 10.6 Å². The molecule has 2 unspecified atom stereocenters. The topological polar surface area (TPSA) is 50.4 Å². The van der Waals surface area contributed by atoms with E-state index in [-0.39, 0.29) is 30.4 Å². The van der Waals surface area contributed by atoms with Crippen LogP contribution in [0.1, 0.15) is 19.8 Å². The second-order valence-electron chi connectivity index (χ2n) is 4.78. The summed E-state index contributed by atoms with van der Waals surface area (Å²) in [5.41, 5.74) is 0.469. The fourth-order valence-electron chi connectivity index (χ4n) is 2.15. The molecule has 0 radical (unpaired) electrons. The number of halogens is 1. The average Bonchev–Trinajstić information content (AvgIpc) is 2.90. The summed E-state index contributed by atoms with van der Waals surface area (Å²) < 4.78 is 18.5. The first-order valence-electron chi connectivity index (χ1n) is 6.55. The van der Waals surface area contributed by atoms with Gasteiger partial charge in [-0.1, -0.05) is 6.07 Å². The molecule has 2 rings (SSSR count). The molecule has 0 aliphatic carbocycles. The number of hydrogen-bond donors (Lipinski definition) is 2. The number of benzene rings is 1. The van der Waals surface area contributed by atoms with Crippen molar-refractivity contribution < 1.29 is 13.9 Å². The van der Waals surface area contributed by atoms with Crippen molar-refractivity contribution in [3.8, 4) is 0 Å². The Morgan fingerprint density at radius 1 is 1.58 bits per heavy atom. The lowest BCUT2D eigenvalue weighted by molar-refractivity contribution is -0.115. The fourth-order valence-corrected chi connectivity index (χ4v) is 2.15. The Morgan fingerprint density at radius 3 is 3.11 bits per heavy atom. The maximum Gasteiger partial charge on any atom is 0.238 e. The van der Waals surface area contributed by atoms with Gasteiger partial charge in [-0.3, -0.25) is 4.79 Å². The van der Waals surface area contributed by atoms with Gasteiger partial charge in [0.1, 0.15) is 5.82 Å². The highest BCUT2D eigenvalue weighted by molar-refractivity contribution is 5.92. The van der Waals surface area contributed by atoms with Crippen LogP contribution >= 0.6 is 0 Å². The number of nitrogens with one attached hydrogen (secondary N) is 2. The van der Waals surface area contributed by atoms with Crippen molar-refractivity contribution in [1.82, 2.24) is 5.32 Å². The van der Waals surface area contributed by atoms with E-state index in [1.54, 1.807) is 12.1 Å². The highest BCUT2D eigenvalue weighted by atomic mass is 19.1. The van der Waals surface area contributed by atoms with Crippen LogP contribution in [0.5, 0.6) is 0 Å². The van der Waals surface area contributed by atoms with E-state index in [2.05, 4.69) is 10.6 Å². The normalized spacial score (nSPS) is 20.2. The van der Waals surface area contributed by atoms with Gasteiger partial charge in [-0.05, 0) is 38.0 Å². The molecule has 1 aromatic rings. The van der Waals surface area contributed by atoms with E-state index in [0.29, 0.717) is 5.69 Å². The van der Waals surface area contributed by atoms with Gasteiger partial charge >= 0.3 is 0 Å². The Labute approximate surface area is 112 Å². The fraction of sp³-hybridized carbons (Fsp3) is 0.500. The first-order valence-corrected chi connectivity index (χ1v) is 6.55. The summed E-state index contributed by atoms with van der Waals surface area (Å²) in [7, 11) is 0. The molecule has 1 aromatic carbocycles. The molecule has 1 amide bonds. The van der Waals surface area contributed by atoms with E-state index < -0.39 is 0 Å². The Bertz CT molecular complexity index is 433. The Morgan fingerprint density at radius 2 is 2.42 bits per heavy atom. The third kappa shape index (κ3) is 4.29. The quantitative estimate of drug-likeness (QED) is 0.856. The molecular formula is C14H19FN2O2. The van der Waals surface area contributed by atoms with E-state index in [1.807, 2.05) is 6.92 Å². The molecule has 1 saturated heterocycles. The third-order valence-electron chi connectivity index (χ3n) is 3.22. The zero-order chi connectivity index (χ0) is 13.7. The number of hydrogen-bond acceptors (Lipinski definition) is 3. The highest BCUT2D eigenvalue weighted by Gasteiger charge is 2.22. The average molecular weight is 266 g/mol. The largest absolute Gasteiger partial charge is 0.377 e. The number of carbonyl (C=O) groups is 1. The van der Waals surface area contributed by atoms with Crippen molar-refractivity contribution in [2.24, 2.45) is 0 Å². The number of anilines is 1. The zero-order valence-corrected chi connectivity index (χ0v) is 11.0. The predicted octanol–water partition coefficient (Wildman–Crippen LogP) is 1.92. The van der Waals surface area contributed by atoms with Crippen LogP contribution in [-0.4, -0.2) is 31.2 Å². The van der Waals surface area contributed by atoms with Gasteiger partial charge in [0.05, 0.1) is 12.6 Å². The van der Waals surface area contributed by atoms with Gasteiger partial charge in [-0.2, -0.15) is 0 Å². The summed E-state index contributed by atoms with van der Waals surface area (Å²) in [6.07, 6.45) is 2.29. The van der Waals surface area contributed by atoms with Gasteiger partial charge in [-0.15, -0.1) is 0 Å². The maximum atomic E-state index is 13.0. The van der Waals surface area contributed by atoms with Crippen LogP contribution in [0, 0.1) is 5.82 Å². The minimum atomic E-state index is -0.363. The lowest BCUT2D eigenvalue weighted by Crippen LogP contribution is -2.41. The lowest BCUT2D eigenvalue weighted by Gasteiger charge is -2.19. The van der Waals surface area contributed by atoms with Crippen LogP contribution in [0.3, 0.4) is 0 Å². The summed E-state index contributed by atoms with van der Waals surface area (Å²) in [5, 5.41) is 5.77. The number of amides is 1. The molecule has 5 heteroatoms. The van der Waals surface area contributed by atoms with Crippen molar-refractivity contribution in [2.45, 2.75) is 31.9 Å². The molecule has 0 bridgehead atoms. The molecule has 1 aliphatic heterocycles. The molecular weight excluding hydrogens is 247 g/mol. The van der Waals surface area contributed by atoms with Crippen LogP contribution in [-0.2, 0) is 9.53 Å². The van der Waals surface area contributed by atoms with Crippen molar-refractivity contribution >= 4 is 11.6 Å². The first-order chi connectivity index (χ1) is 9.15. The number of rotatable bonds is 5. The van der Waals surface area contributed by atoms with Gasteiger partial charge < -0.3 is 15.4 Å². The van der Waals surface area contributed by atoms with Gasteiger partial charge in [-0.25, -0.2) is 4.39 Å². The van der Waals surface area contributed by atoms with Crippen molar-refractivity contribution in [3.05, 3.63) is 30.1 Å². The molecule has 0 saturated carbocycles. The molecule has 0 aromatic heterocycles. The molecule has 1 fully saturated rings. The van der Waals surface area contributed by atoms with Crippen molar-refractivity contribution in [2.75, 3.05) is 18.5 Å². The molecule has 2 atom stereocenters. The van der Waals surface area contributed by atoms with E-state index in [4.69, 9.17) is 4.74 Å². The van der Waals surface area contributed by atoms with Crippen molar-refractivity contribution in [3.63, 3.8) is 0 Å². The SMILES string of the molecule is CC(NCC(=O)Nc1cccc(F)c1)C1CCCO1. The van der Waals surface area contributed by atoms with Crippen LogP contribution in [0.15, 0.2) is 24.3 Å². The van der Waals surface area contributed by atoms with Crippen LogP contribution in [0.25, 0.3) is 0 Å². The van der Waals surface area contributed by atoms with E-state index in [9.17, 15) is 9.18 Å². The van der Waals surface area contributed by atoms with Crippen molar-refractivity contribution in [1.29, 1.82) is 0 Å². The number of carbonyl (C=O) groups excluding carboxylic acids is 1. The summed E-state index contributed by atoms with van der Waals surface area (Å²) in [6.45, 7) is 3.00. The van der Waals surface area contributed by atoms with Gasteiger partial charge in [0, 0.05) is 18.3 Å². The highest BCUT2D eigenvalue weighted by Crippen LogP contribution is 2.15. The maximum absolute atomic E-state index is 13.0. The van der Waals surface area contributed by atoms with Gasteiger partial charge in [0.2, 0.25) is 5.91 Å². The molecule has 0 spiro atoms. The predicted molar refractivity (Wildman–Crippen MR) is 71.5 cm³/mol. The van der Waals surface area contributed by atoms with E-state index >= 15 is 0 Å². The van der Waals surface area contributed by atoms with E-state index in [1.165, 1.54) is 12.1 Å². The Kier molecular flexibility index (Phi) is 4.87. The third-order valence-corrected chi connectivity index (χ3v) is 3.22. The van der Waals surface area contributed by atoms with Gasteiger partial charge in [0.25, 0.3) is 0 Å². The minimum Gasteiger partial charge on any atom is -0.377 e. The summed E-state index contributed by atoms with van der Waals surface area (Å²) in [6, 6.07) is 5.99. The Hall–Kier alpha value is -1.46. The summed E-state index contributed by atoms with van der Waals surface area (Å²) >= 11 is 0. The van der Waals surface area contributed by atoms with E-state index in [0.717, 1.165) is 19.4 Å². The first kappa shape index (κ1) is 14.0. The minimum absolute atomic E-state index is 0.140. The second kappa shape index (κ2) is 6.63. The standard InChI is InChI=1S/C14H19FN2O2/c1-10(13-6-3-7-19-13)16-9-14(18)17-12-5-2-4-11(15)8-12/h2,4-5,8,10,13,16H,3,6-7,9H2,1H3,(H,17,18). The zero-order valence-electron chi connectivity index (χ0n) is 11.0. The van der Waals surface area contributed by atoms with Crippen LogP contribution in [0.4, 0.5) is 10.1 Å². The molecule has 1 aliphatic rings. The second-order valence-corrected chi connectivity index (χ2v) is 4.78. The molecule has 104 valence electrons. The number of ether oxygens (including phenoxy) is 1. The lowest BCUT2D eigenvalue weighted by atomic mass is 10.1. The molecule has 2 N–H and O–H groups in total. The summed E-state index contributed by atoms with van der Waals surface area (Å²) in [4.78, 5) is 11.7. The smallest absolute Gasteiger partial charge is 0.238 e. The molecule has 19 heavy (non-hydrogen) atoms. The van der Waals surface area contributed by atoms with Gasteiger partial charge in [0.15, 0.2) is 0 Å². The molecule has 4 nitrogen and oxygen atoms in total. The molecule has 1 heterocycles. The Balaban J connectivity index is 1.75. The van der Waals surface area contributed by atoms with Crippen LogP contribution in [0.2, 0.25) is 0 Å². The summed E-state index contributed by atoms with van der Waals surface area (Å²) in [5.74, 6) is -0.547.